The summed E-state index contributed by atoms with van der Waals surface area (Å²) in [6, 6.07) is 10.7. The van der Waals surface area contributed by atoms with E-state index in [0.29, 0.717) is 12.4 Å². The van der Waals surface area contributed by atoms with E-state index in [4.69, 9.17) is 9.84 Å². The first-order valence-corrected chi connectivity index (χ1v) is 6.38. The first-order valence-electron chi connectivity index (χ1n) is 6.38. The van der Waals surface area contributed by atoms with E-state index in [9.17, 15) is 4.79 Å². The predicted molar refractivity (Wildman–Crippen MR) is 76.7 cm³/mol. The fourth-order valence-corrected chi connectivity index (χ4v) is 1.60. The third-order valence-corrected chi connectivity index (χ3v) is 2.61. The zero-order valence-electron chi connectivity index (χ0n) is 11.2. The van der Waals surface area contributed by atoms with E-state index in [2.05, 4.69) is 17.2 Å². The van der Waals surface area contributed by atoms with Crippen LogP contribution in [0.1, 0.15) is 23.7 Å². The minimum atomic E-state index is -0.985. The second kappa shape index (κ2) is 6.56. The molecule has 0 amide bonds. The SMILES string of the molecule is CCCOc1ccc(Nc2ccc(C(=O)O)cn2)cc1. The van der Waals surface area contributed by atoms with Crippen LogP contribution in [0.15, 0.2) is 42.6 Å². The summed E-state index contributed by atoms with van der Waals surface area (Å²) in [4.78, 5) is 14.8. The minimum Gasteiger partial charge on any atom is -0.494 e. The Morgan fingerprint density at radius 2 is 2.00 bits per heavy atom. The van der Waals surface area contributed by atoms with Crippen LogP contribution in [0.25, 0.3) is 0 Å². The number of carboxylic acid groups (broad SMARTS) is 1. The van der Waals surface area contributed by atoms with E-state index in [1.807, 2.05) is 24.3 Å². The summed E-state index contributed by atoms with van der Waals surface area (Å²) in [5, 5.41) is 11.9. The summed E-state index contributed by atoms with van der Waals surface area (Å²) < 4.78 is 5.49. The molecule has 0 saturated heterocycles. The summed E-state index contributed by atoms with van der Waals surface area (Å²) in [6.07, 6.45) is 2.29. The lowest BCUT2D eigenvalue weighted by atomic mass is 10.2. The minimum absolute atomic E-state index is 0.166. The molecule has 2 aromatic rings. The van der Waals surface area contributed by atoms with Crippen molar-refractivity contribution in [2.24, 2.45) is 0 Å². The van der Waals surface area contributed by atoms with Gasteiger partial charge in [-0.3, -0.25) is 0 Å². The van der Waals surface area contributed by atoms with Crippen molar-refractivity contribution in [3.05, 3.63) is 48.2 Å². The van der Waals surface area contributed by atoms with Crippen LogP contribution in [0.4, 0.5) is 11.5 Å². The quantitative estimate of drug-likeness (QED) is 0.844. The van der Waals surface area contributed by atoms with Crippen molar-refractivity contribution >= 4 is 17.5 Å². The van der Waals surface area contributed by atoms with Crippen LogP contribution in [-0.4, -0.2) is 22.7 Å². The number of nitrogens with one attached hydrogen (secondary N) is 1. The van der Waals surface area contributed by atoms with Gasteiger partial charge in [0.25, 0.3) is 0 Å². The highest BCUT2D eigenvalue weighted by molar-refractivity contribution is 5.87. The first kappa shape index (κ1) is 13.9. The molecule has 0 radical (unpaired) electrons. The summed E-state index contributed by atoms with van der Waals surface area (Å²) in [7, 11) is 0. The lowest BCUT2D eigenvalue weighted by Crippen LogP contribution is -1.99. The maximum Gasteiger partial charge on any atom is 0.337 e. The van der Waals surface area contributed by atoms with Crippen LogP contribution in [0, 0.1) is 0 Å². The Hall–Kier alpha value is -2.56. The zero-order valence-corrected chi connectivity index (χ0v) is 11.2. The van der Waals surface area contributed by atoms with E-state index in [0.717, 1.165) is 17.9 Å². The highest BCUT2D eigenvalue weighted by Gasteiger charge is 2.03. The average Bonchev–Trinajstić information content (AvgIpc) is 2.47. The number of nitrogens with zero attached hydrogens (tertiary/aromatic N) is 1. The normalized spacial score (nSPS) is 10.1. The predicted octanol–water partition coefficient (Wildman–Crippen LogP) is 3.31. The molecular formula is C15H16N2O3. The fraction of sp³-hybridized carbons (Fsp3) is 0.200. The molecule has 20 heavy (non-hydrogen) atoms. The third kappa shape index (κ3) is 3.71. The second-order valence-electron chi connectivity index (χ2n) is 4.24. The molecule has 0 aliphatic carbocycles. The number of hydrogen-bond donors (Lipinski definition) is 2. The van der Waals surface area contributed by atoms with Crippen LogP contribution in [0.5, 0.6) is 5.75 Å². The van der Waals surface area contributed by atoms with Crippen molar-refractivity contribution in [2.75, 3.05) is 11.9 Å². The smallest absolute Gasteiger partial charge is 0.337 e. The van der Waals surface area contributed by atoms with Gasteiger partial charge in [0.1, 0.15) is 11.6 Å². The largest absolute Gasteiger partial charge is 0.494 e. The van der Waals surface area contributed by atoms with Crippen LogP contribution < -0.4 is 10.1 Å². The van der Waals surface area contributed by atoms with Gasteiger partial charge in [0.05, 0.1) is 12.2 Å². The Bertz CT molecular complexity index is 565. The molecule has 0 atom stereocenters. The second-order valence-corrected chi connectivity index (χ2v) is 4.24. The Labute approximate surface area is 117 Å². The van der Waals surface area contributed by atoms with Crippen molar-refractivity contribution in [2.45, 2.75) is 13.3 Å². The molecule has 0 spiro atoms. The number of carboxylic acids is 1. The Morgan fingerprint density at radius 3 is 2.55 bits per heavy atom. The van der Waals surface area contributed by atoms with Gasteiger partial charge in [0.2, 0.25) is 0 Å². The van der Waals surface area contributed by atoms with Gasteiger partial charge in [-0.25, -0.2) is 9.78 Å². The number of benzene rings is 1. The van der Waals surface area contributed by atoms with Gasteiger partial charge < -0.3 is 15.2 Å². The number of hydrogen-bond acceptors (Lipinski definition) is 4. The monoisotopic (exact) mass is 272 g/mol. The zero-order chi connectivity index (χ0) is 14.4. The van der Waals surface area contributed by atoms with Gasteiger partial charge >= 0.3 is 5.97 Å². The van der Waals surface area contributed by atoms with Gasteiger partial charge in [-0.05, 0) is 42.8 Å². The number of aromatic nitrogens is 1. The molecule has 5 heteroatoms. The molecule has 0 bridgehead atoms. The summed E-state index contributed by atoms with van der Waals surface area (Å²) >= 11 is 0. The lowest BCUT2D eigenvalue weighted by Gasteiger charge is -2.08. The van der Waals surface area contributed by atoms with E-state index < -0.39 is 5.97 Å². The average molecular weight is 272 g/mol. The molecule has 0 aliphatic heterocycles. The molecule has 104 valence electrons. The van der Waals surface area contributed by atoms with Crippen LogP contribution in [0.3, 0.4) is 0 Å². The molecule has 5 nitrogen and oxygen atoms in total. The Kier molecular flexibility index (Phi) is 4.55. The van der Waals surface area contributed by atoms with Crippen molar-refractivity contribution in [3.8, 4) is 5.75 Å². The summed E-state index contributed by atoms with van der Waals surface area (Å²) in [6.45, 7) is 2.76. The van der Waals surface area contributed by atoms with Gasteiger partial charge in [0, 0.05) is 11.9 Å². The third-order valence-electron chi connectivity index (χ3n) is 2.61. The molecule has 0 saturated carbocycles. The summed E-state index contributed by atoms with van der Waals surface area (Å²) in [5.41, 5.74) is 1.03. The van der Waals surface area contributed by atoms with Gasteiger partial charge in [-0.15, -0.1) is 0 Å². The molecule has 1 aromatic carbocycles. The van der Waals surface area contributed by atoms with Crippen molar-refractivity contribution in [3.63, 3.8) is 0 Å². The molecule has 0 aliphatic rings. The van der Waals surface area contributed by atoms with E-state index in [-0.39, 0.29) is 5.56 Å². The highest BCUT2D eigenvalue weighted by atomic mass is 16.5. The van der Waals surface area contributed by atoms with Gasteiger partial charge in [-0.1, -0.05) is 6.92 Å². The molecule has 0 fully saturated rings. The molecule has 1 aromatic heterocycles. The number of anilines is 2. The maximum atomic E-state index is 10.7. The molecule has 2 N–H and O–H groups in total. The van der Waals surface area contributed by atoms with Crippen LogP contribution in [0.2, 0.25) is 0 Å². The molecule has 0 unspecified atom stereocenters. The van der Waals surface area contributed by atoms with Crippen molar-refractivity contribution in [1.82, 2.24) is 4.98 Å². The number of aromatic carboxylic acids is 1. The number of ether oxygens (including phenoxy) is 1. The topological polar surface area (TPSA) is 71.5 Å². The first-order chi connectivity index (χ1) is 9.69. The van der Waals surface area contributed by atoms with Crippen LogP contribution in [-0.2, 0) is 0 Å². The number of carbonyl (C=O) groups is 1. The van der Waals surface area contributed by atoms with Crippen LogP contribution >= 0.6 is 0 Å². The molecule has 1 heterocycles. The van der Waals surface area contributed by atoms with Gasteiger partial charge in [0.15, 0.2) is 0 Å². The molecular weight excluding hydrogens is 256 g/mol. The molecule has 2 rings (SSSR count). The van der Waals surface area contributed by atoms with E-state index >= 15 is 0 Å². The maximum absolute atomic E-state index is 10.7. The van der Waals surface area contributed by atoms with E-state index in [1.54, 1.807) is 6.07 Å². The van der Waals surface area contributed by atoms with Gasteiger partial charge in [-0.2, -0.15) is 0 Å². The van der Waals surface area contributed by atoms with Crippen molar-refractivity contribution in [1.29, 1.82) is 0 Å². The fourth-order valence-electron chi connectivity index (χ4n) is 1.60. The Morgan fingerprint density at radius 1 is 1.25 bits per heavy atom. The van der Waals surface area contributed by atoms with E-state index in [1.165, 1.54) is 12.3 Å². The van der Waals surface area contributed by atoms with Crippen molar-refractivity contribution < 1.29 is 14.6 Å². The Balaban J connectivity index is 2.00. The standard InChI is InChI=1S/C15H16N2O3/c1-2-9-20-13-6-4-12(5-7-13)17-14-8-3-11(10-16-14)15(18)19/h3-8,10H,2,9H2,1H3,(H,16,17)(H,18,19). The number of rotatable bonds is 6. The summed E-state index contributed by atoms with van der Waals surface area (Å²) in [5.74, 6) is 0.435. The highest BCUT2D eigenvalue weighted by Crippen LogP contribution is 2.19. The number of pyridine rings is 1. The lowest BCUT2D eigenvalue weighted by molar-refractivity contribution is 0.0696.